The largest absolute Gasteiger partial charge is 0.475 e. The third-order valence-corrected chi connectivity index (χ3v) is 2.57. The van der Waals surface area contributed by atoms with Crippen LogP contribution in [0, 0.1) is 0 Å². The van der Waals surface area contributed by atoms with Gasteiger partial charge in [-0.25, -0.2) is 9.98 Å². The molecule has 0 unspecified atom stereocenters. The van der Waals surface area contributed by atoms with Crippen LogP contribution in [0.2, 0.25) is 5.02 Å². The van der Waals surface area contributed by atoms with Crippen LogP contribution in [-0.4, -0.2) is 30.6 Å². The molecule has 10 heteroatoms. The van der Waals surface area contributed by atoms with Crippen molar-refractivity contribution >= 4 is 41.5 Å². The van der Waals surface area contributed by atoms with E-state index >= 15 is 0 Å². The second-order valence-corrected chi connectivity index (χ2v) is 4.85. The molecule has 0 atom stereocenters. The number of rotatable bonds is 6. The molecule has 1 heterocycles. The number of hydrogen-bond donors (Lipinski definition) is 2. The summed E-state index contributed by atoms with van der Waals surface area (Å²) in [4.78, 5) is 7.53. The van der Waals surface area contributed by atoms with Gasteiger partial charge in [-0.05, 0) is 13.0 Å². The lowest BCUT2D eigenvalue weighted by atomic mass is 10.3. The van der Waals surface area contributed by atoms with Gasteiger partial charge < -0.3 is 15.8 Å². The second-order valence-electron chi connectivity index (χ2n) is 4.44. The van der Waals surface area contributed by atoms with E-state index in [9.17, 15) is 13.2 Å². The van der Waals surface area contributed by atoms with E-state index in [0.717, 1.165) is 11.6 Å². The Morgan fingerprint density at radius 2 is 2.17 bits per heavy atom. The van der Waals surface area contributed by atoms with Gasteiger partial charge in [0.05, 0.1) is 18.7 Å². The zero-order valence-corrected chi connectivity index (χ0v) is 15.4. The molecule has 0 aliphatic rings. The summed E-state index contributed by atoms with van der Waals surface area (Å²) < 4.78 is 42.5. The Kier molecular flexibility index (Phi) is 9.28. The normalized spacial score (nSPS) is 11.6. The highest BCUT2D eigenvalue weighted by molar-refractivity contribution is 14.0. The van der Waals surface area contributed by atoms with Gasteiger partial charge in [0.25, 0.3) is 0 Å². The monoisotopic (exact) mass is 464 g/mol. The average molecular weight is 465 g/mol. The fourth-order valence-electron chi connectivity index (χ4n) is 1.29. The van der Waals surface area contributed by atoms with Gasteiger partial charge in [-0.3, -0.25) is 0 Å². The lowest BCUT2D eigenvalue weighted by molar-refractivity contribution is -0.137. The third-order valence-electron chi connectivity index (χ3n) is 2.30. The van der Waals surface area contributed by atoms with E-state index in [4.69, 9.17) is 22.1 Å². The Bertz CT molecular complexity index is 567. The predicted octanol–water partition coefficient (Wildman–Crippen LogP) is 3.23. The van der Waals surface area contributed by atoms with Crippen LogP contribution in [0.1, 0.15) is 12.5 Å². The molecule has 0 fully saturated rings. The number of nitrogens with one attached hydrogen (secondary N) is 1. The molecule has 0 aliphatic carbocycles. The summed E-state index contributed by atoms with van der Waals surface area (Å²) in [6, 6.07) is 0.764. The van der Waals surface area contributed by atoms with Crippen molar-refractivity contribution in [2.45, 2.75) is 13.1 Å². The minimum absolute atomic E-state index is 0. The first-order valence-electron chi connectivity index (χ1n) is 6.24. The van der Waals surface area contributed by atoms with Crippen molar-refractivity contribution in [1.82, 2.24) is 10.3 Å². The van der Waals surface area contributed by atoms with Crippen LogP contribution < -0.4 is 15.8 Å². The summed E-state index contributed by atoms with van der Waals surface area (Å²) in [7, 11) is 0. The van der Waals surface area contributed by atoms with Crippen molar-refractivity contribution in [3.8, 4) is 5.88 Å². The van der Waals surface area contributed by atoms with Crippen LogP contribution in [0.5, 0.6) is 5.88 Å². The van der Waals surface area contributed by atoms with Crippen LogP contribution in [-0.2, 0) is 6.18 Å². The molecule has 0 bridgehead atoms. The van der Waals surface area contributed by atoms with E-state index in [1.165, 1.54) is 0 Å². The summed E-state index contributed by atoms with van der Waals surface area (Å²) in [5.74, 6) is 0.145. The summed E-state index contributed by atoms with van der Waals surface area (Å²) in [5, 5.41) is 2.56. The Morgan fingerprint density at radius 1 is 1.52 bits per heavy atom. The highest BCUT2D eigenvalue weighted by atomic mass is 127. The number of nitrogens with zero attached hydrogens (tertiary/aromatic N) is 2. The fourth-order valence-corrected chi connectivity index (χ4v) is 1.51. The van der Waals surface area contributed by atoms with Crippen molar-refractivity contribution in [2.75, 3.05) is 19.7 Å². The molecule has 3 N–H and O–H groups in total. The number of nitrogens with two attached hydrogens (primary N) is 1. The van der Waals surface area contributed by atoms with E-state index in [1.54, 1.807) is 0 Å². The molecular weight excluding hydrogens is 448 g/mol. The smallest absolute Gasteiger partial charge is 0.417 e. The number of hydrogen-bond acceptors (Lipinski definition) is 3. The molecule has 1 aromatic heterocycles. The Morgan fingerprint density at radius 3 is 2.70 bits per heavy atom. The minimum Gasteiger partial charge on any atom is -0.475 e. The highest BCUT2D eigenvalue weighted by Crippen LogP contribution is 2.32. The van der Waals surface area contributed by atoms with Crippen molar-refractivity contribution in [2.24, 2.45) is 10.7 Å². The number of alkyl halides is 3. The first-order chi connectivity index (χ1) is 10.2. The molecule has 0 spiro atoms. The number of guanidine groups is 1. The lowest BCUT2D eigenvalue weighted by Gasteiger charge is -2.11. The molecule has 0 amide bonds. The van der Waals surface area contributed by atoms with Gasteiger partial charge in [-0.15, -0.1) is 24.0 Å². The summed E-state index contributed by atoms with van der Waals surface area (Å²) in [6.07, 6.45) is -3.83. The zero-order valence-electron chi connectivity index (χ0n) is 12.3. The zero-order chi connectivity index (χ0) is 16.8. The molecule has 0 saturated carbocycles. The Balaban J connectivity index is 0.00000484. The molecule has 130 valence electrons. The maximum atomic E-state index is 12.4. The van der Waals surface area contributed by atoms with Crippen molar-refractivity contribution in [3.63, 3.8) is 0 Å². The van der Waals surface area contributed by atoms with Gasteiger partial charge in [-0.2, -0.15) is 13.2 Å². The quantitative estimate of drug-likeness (QED) is 0.223. The molecule has 1 aromatic rings. The van der Waals surface area contributed by atoms with Gasteiger partial charge in [0.15, 0.2) is 5.96 Å². The van der Waals surface area contributed by atoms with Gasteiger partial charge in [0, 0.05) is 6.20 Å². The maximum Gasteiger partial charge on any atom is 0.417 e. The Labute approximate surface area is 154 Å². The predicted molar refractivity (Wildman–Crippen MR) is 94.5 cm³/mol. The van der Waals surface area contributed by atoms with Crippen LogP contribution in [0.25, 0.3) is 0 Å². The average Bonchev–Trinajstić information content (AvgIpc) is 2.41. The minimum atomic E-state index is -4.50. The van der Waals surface area contributed by atoms with Crippen LogP contribution in [0.4, 0.5) is 13.2 Å². The number of aromatic nitrogens is 1. The molecule has 5 nitrogen and oxygen atoms in total. The number of aliphatic imine (C=N–C) groups is 1. The SMILES string of the molecule is C=C(C)CN=C(N)NCCOc1ncc(C(F)(F)F)cc1Cl.I. The first kappa shape index (κ1) is 21.8. The topological polar surface area (TPSA) is 72.5 Å². The van der Waals surface area contributed by atoms with Crippen molar-refractivity contribution in [3.05, 3.63) is 35.0 Å². The van der Waals surface area contributed by atoms with Crippen molar-refractivity contribution < 1.29 is 17.9 Å². The molecule has 0 aliphatic heterocycles. The molecule has 0 saturated heterocycles. The summed E-state index contributed by atoms with van der Waals surface area (Å²) in [6.45, 7) is 6.31. The summed E-state index contributed by atoms with van der Waals surface area (Å²) >= 11 is 5.70. The van der Waals surface area contributed by atoms with E-state index < -0.39 is 11.7 Å². The number of ether oxygens (including phenoxy) is 1. The van der Waals surface area contributed by atoms with E-state index in [1.807, 2.05) is 6.92 Å². The van der Waals surface area contributed by atoms with Crippen molar-refractivity contribution in [1.29, 1.82) is 0 Å². The molecule has 0 aromatic carbocycles. The van der Waals surface area contributed by atoms with Gasteiger partial charge in [0.1, 0.15) is 11.6 Å². The fraction of sp³-hybridized carbons (Fsp3) is 0.385. The lowest BCUT2D eigenvalue weighted by Crippen LogP contribution is -2.35. The molecular formula is C13H17ClF3IN4O. The van der Waals surface area contributed by atoms with E-state index in [0.29, 0.717) is 19.3 Å². The first-order valence-corrected chi connectivity index (χ1v) is 6.61. The third kappa shape index (κ3) is 8.26. The molecule has 0 radical (unpaired) electrons. The molecule has 23 heavy (non-hydrogen) atoms. The number of halogens is 5. The standard InChI is InChI=1S/C13H16ClF3N4O.HI/c1-8(2)6-21-12(18)19-3-4-22-11-10(14)5-9(7-20-11)13(15,16)17;/h5,7H,1,3-4,6H2,2H3,(H3,18,19,21);1H. The maximum absolute atomic E-state index is 12.4. The highest BCUT2D eigenvalue weighted by Gasteiger charge is 2.31. The molecule has 1 rings (SSSR count). The van der Waals surface area contributed by atoms with E-state index in [-0.39, 0.29) is 47.4 Å². The van der Waals surface area contributed by atoms with Crippen LogP contribution >= 0.6 is 35.6 Å². The second kappa shape index (κ2) is 9.81. The van der Waals surface area contributed by atoms with E-state index in [2.05, 4.69) is 21.9 Å². The van der Waals surface area contributed by atoms with Gasteiger partial charge >= 0.3 is 6.18 Å². The Hall–Kier alpha value is -1.23. The van der Waals surface area contributed by atoms with Crippen LogP contribution in [0.15, 0.2) is 29.4 Å². The number of pyridine rings is 1. The van der Waals surface area contributed by atoms with Crippen LogP contribution in [0.3, 0.4) is 0 Å². The van der Waals surface area contributed by atoms with Gasteiger partial charge in [0.2, 0.25) is 5.88 Å². The van der Waals surface area contributed by atoms with Gasteiger partial charge in [-0.1, -0.05) is 23.8 Å². The summed E-state index contributed by atoms with van der Waals surface area (Å²) in [5.41, 5.74) is 5.51.